The van der Waals surface area contributed by atoms with Crippen LogP contribution >= 0.6 is 0 Å². The second kappa shape index (κ2) is 8.44. The Labute approximate surface area is 171 Å². The SMILES string of the molecule is N=CCC(=Nc1ccccc1)c1nn(-c2ccc(-n3ccnc3)cc2F)ccc1=O. The van der Waals surface area contributed by atoms with E-state index in [9.17, 15) is 9.18 Å². The summed E-state index contributed by atoms with van der Waals surface area (Å²) in [7, 11) is 0. The molecule has 0 unspecified atom stereocenters. The Morgan fingerprint density at radius 3 is 2.67 bits per heavy atom. The highest BCUT2D eigenvalue weighted by molar-refractivity contribution is 6.06. The fourth-order valence-electron chi connectivity index (χ4n) is 2.95. The normalized spacial score (nSPS) is 11.4. The third kappa shape index (κ3) is 3.97. The molecule has 1 N–H and O–H groups in total. The monoisotopic (exact) mass is 400 g/mol. The molecule has 0 fully saturated rings. The van der Waals surface area contributed by atoms with E-state index in [2.05, 4.69) is 15.1 Å². The van der Waals surface area contributed by atoms with Gasteiger partial charge in [0.05, 0.1) is 17.7 Å². The van der Waals surface area contributed by atoms with Crippen molar-refractivity contribution >= 4 is 17.6 Å². The van der Waals surface area contributed by atoms with Gasteiger partial charge in [0, 0.05) is 49.0 Å². The number of aliphatic imine (C=N–C) groups is 1. The average molecular weight is 400 g/mol. The molecule has 0 aliphatic carbocycles. The van der Waals surface area contributed by atoms with Crippen molar-refractivity contribution in [2.75, 3.05) is 0 Å². The maximum atomic E-state index is 14.8. The summed E-state index contributed by atoms with van der Waals surface area (Å²) in [5, 5.41) is 11.8. The molecule has 2 aromatic heterocycles. The first kappa shape index (κ1) is 19.1. The summed E-state index contributed by atoms with van der Waals surface area (Å²) in [6.07, 6.45) is 7.59. The largest absolute Gasteiger partial charge is 0.313 e. The van der Waals surface area contributed by atoms with Gasteiger partial charge in [0.2, 0.25) is 5.43 Å². The molecule has 0 spiro atoms. The van der Waals surface area contributed by atoms with E-state index in [1.165, 1.54) is 23.0 Å². The molecule has 30 heavy (non-hydrogen) atoms. The van der Waals surface area contributed by atoms with Gasteiger partial charge >= 0.3 is 0 Å². The van der Waals surface area contributed by atoms with Crippen molar-refractivity contribution < 1.29 is 4.39 Å². The lowest BCUT2D eigenvalue weighted by molar-refractivity contribution is 0.607. The van der Waals surface area contributed by atoms with E-state index in [4.69, 9.17) is 5.41 Å². The molecule has 0 saturated heterocycles. The van der Waals surface area contributed by atoms with Crippen molar-refractivity contribution in [2.24, 2.45) is 4.99 Å². The minimum absolute atomic E-state index is 0.0722. The Kier molecular flexibility index (Phi) is 5.38. The smallest absolute Gasteiger partial charge is 0.209 e. The van der Waals surface area contributed by atoms with Crippen LogP contribution in [-0.4, -0.2) is 31.3 Å². The number of hydrogen-bond acceptors (Lipinski definition) is 5. The van der Waals surface area contributed by atoms with Gasteiger partial charge in [0.25, 0.3) is 0 Å². The van der Waals surface area contributed by atoms with E-state index < -0.39 is 5.82 Å². The number of nitrogens with zero attached hydrogens (tertiary/aromatic N) is 5. The summed E-state index contributed by atoms with van der Waals surface area (Å²) >= 11 is 0. The van der Waals surface area contributed by atoms with Crippen LogP contribution in [0.25, 0.3) is 11.4 Å². The zero-order chi connectivity index (χ0) is 20.9. The lowest BCUT2D eigenvalue weighted by Crippen LogP contribution is -2.22. The number of nitrogens with one attached hydrogen (secondary N) is 1. The lowest BCUT2D eigenvalue weighted by atomic mass is 10.2. The van der Waals surface area contributed by atoms with Crippen molar-refractivity contribution in [2.45, 2.75) is 6.42 Å². The van der Waals surface area contributed by atoms with Crippen LogP contribution in [0.4, 0.5) is 10.1 Å². The van der Waals surface area contributed by atoms with Crippen LogP contribution in [0.5, 0.6) is 0 Å². The van der Waals surface area contributed by atoms with Crippen LogP contribution in [0.2, 0.25) is 0 Å². The molecule has 0 radical (unpaired) electrons. The molecule has 2 heterocycles. The van der Waals surface area contributed by atoms with Crippen molar-refractivity contribution in [3.63, 3.8) is 0 Å². The van der Waals surface area contributed by atoms with Gasteiger partial charge in [-0.3, -0.25) is 9.79 Å². The molecule has 0 saturated carbocycles. The van der Waals surface area contributed by atoms with E-state index in [1.807, 2.05) is 18.2 Å². The van der Waals surface area contributed by atoms with Crippen LogP contribution in [-0.2, 0) is 0 Å². The first-order valence-corrected chi connectivity index (χ1v) is 9.16. The Hall–Kier alpha value is -4.20. The van der Waals surface area contributed by atoms with E-state index in [0.717, 1.165) is 6.21 Å². The third-order valence-corrected chi connectivity index (χ3v) is 4.38. The minimum Gasteiger partial charge on any atom is -0.313 e. The number of hydrogen-bond donors (Lipinski definition) is 1. The third-order valence-electron chi connectivity index (χ3n) is 4.38. The Morgan fingerprint density at radius 2 is 1.97 bits per heavy atom. The van der Waals surface area contributed by atoms with Gasteiger partial charge in [-0.05, 0) is 24.3 Å². The fraction of sp³-hybridized carbons (Fsp3) is 0.0455. The van der Waals surface area contributed by atoms with Gasteiger partial charge in [0.15, 0.2) is 11.5 Å². The van der Waals surface area contributed by atoms with Gasteiger partial charge in [-0.1, -0.05) is 18.2 Å². The average Bonchev–Trinajstić information content (AvgIpc) is 3.30. The van der Waals surface area contributed by atoms with Gasteiger partial charge in [0.1, 0.15) is 5.69 Å². The van der Waals surface area contributed by atoms with Crippen molar-refractivity contribution in [1.82, 2.24) is 19.3 Å². The summed E-state index contributed by atoms with van der Waals surface area (Å²) in [5.41, 5.74) is 1.51. The summed E-state index contributed by atoms with van der Waals surface area (Å²) in [6.45, 7) is 0. The second-order valence-electron chi connectivity index (χ2n) is 6.38. The Balaban J connectivity index is 1.77. The summed E-state index contributed by atoms with van der Waals surface area (Å²) < 4.78 is 17.8. The van der Waals surface area contributed by atoms with Crippen LogP contribution in [0, 0.1) is 11.2 Å². The first-order valence-electron chi connectivity index (χ1n) is 9.16. The maximum Gasteiger partial charge on any atom is 0.209 e. The van der Waals surface area contributed by atoms with Gasteiger partial charge in [-0.2, -0.15) is 5.10 Å². The number of aromatic nitrogens is 4. The van der Waals surface area contributed by atoms with Gasteiger partial charge in [-0.15, -0.1) is 0 Å². The number of para-hydroxylation sites is 1. The van der Waals surface area contributed by atoms with Crippen molar-refractivity contribution in [3.05, 3.63) is 101 Å². The fourth-order valence-corrected chi connectivity index (χ4v) is 2.95. The van der Waals surface area contributed by atoms with E-state index in [-0.39, 0.29) is 23.2 Å². The topological polar surface area (TPSA) is 88.9 Å². The quantitative estimate of drug-likeness (QED) is 0.500. The zero-order valence-corrected chi connectivity index (χ0v) is 15.8. The molecule has 2 aromatic carbocycles. The second-order valence-corrected chi connectivity index (χ2v) is 6.38. The molecule has 7 nitrogen and oxygen atoms in total. The molecule has 148 valence electrons. The highest BCUT2D eigenvalue weighted by Crippen LogP contribution is 2.17. The molecule has 8 heteroatoms. The summed E-state index contributed by atoms with van der Waals surface area (Å²) in [5.74, 6) is -0.503. The van der Waals surface area contributed by atoms with Gasteiger partial charge in [-0.25, -0.2) is 14.1 Å². The number of benzene rings is 2. The number of rotatable bonds is 6. The first-order chi connectivity index (χ1) is 14.7. The molecule has 0 amide bonds. The molecule has 0 atom stereocenters. The summed E-state index contributed by atoms with van der Waals surface area (Å²) in [6, 6.07) is 15.1. The minimum atomic E-state index is -0.503. The predicted octanol–water partition coefficient (Wildman–Crippen LogP) is 3.72. The zero-order valence-electron chi connectivity index (χ0n) is 15.8. The van der Waals surface area contributed by atoms with Crippen LogP contribution in [0.1, 0.15) is 12.1 Å². The van der Waals surface area contributed by atoms with Crippen LogP contribution in [0.15, 0.2) is 89.3 Å². The van der Waals surface area contributed by atoms with Crippen LogP contribution < -0.4 is 5.43 Å². The molecular formula is C22H17FN6O. The molecule has 0 aliphatic rings. The van der Waals surface area contributed by atoms with Crippen molar-refractivity contribution in [1.29, 1.82) is 5.41 Å². The van der Waals surface area contributed by atoms with Gasteiger partial charge < -0.3 is 9.98 Å². The molecular weight excluding hydrogens is 383 g/mol. The van der Waals surface area contributed by atoms with E-state index >= 15 is 0 Å². The Bertz CT molecular complexity index is 1260. The summed E-state index contributed by atoms with van der Waals surface area (Å²) in [4.78, 5) is 20.9. The van der Waals surface area contributed by atoms with E-state index in [0.29, 0.717) is 17.1 Å². The lowest BCUT2D eigenvalue weighted by Gasteiger charge is -2.11. The Morgan fingerprint density at radius 1 is 1.13 bits per heavy atom. The molecule has 0 bridgehead atoms. The molecule has 4 aromatic rings. The standard InChI is InChI=1S/C22H17FN6O/c23-18-14-17(28-13-11-25-15-28)6-7-20(18)29-12-9-21(30)22(27-29)19(8-10-24)26-16-4-2-1-3-5-16/h1-7,9-15,24H,8H2. The maximum absolute atomic E-state index is 14.8. The number of halogens is 1. The van der Waals surface area contributed by atoms with E-state index in [1.54, 1.807) is 47.6 Å². The predicted molar refractivity (Wildman–Crippen MR) is 113 cm³/mol. The van der Waals surface area contributed by atoms with Crippen LogP contribution in [0.3, 0.4) is 0 Å². The highest BCUT2D eigenvalue weighted by atomic mass is 19.1. The molecule has 4 rings (SSSR count). The van der Waals surface area contributed by atoms with Crippen molar-refractivity contribution in [3.8, 4) is 11.4 Å². The number of imidazole rings is 1. The highest BCUT2D eigenvalue weighted by Gasteiger charge is 2.13. The molecule has 0 aliphatic heterocycles.